The van der Waals surface area contributed by atoms with E-state index >= 15 is 0 Å². The van der Waals surface area contributed by atoms with Gasteiger partial charge in [0.25, 0.3) is 5.91 Å². The number of carbonyl (C=O) groups is 3. The van der Waals surface area contributed by atoms with Crippen LogP contribution < -0.4 is 26.2 Å². The van der Waals surface area contributed by atoms with Gasteiger partial charge in [-0.15, -0.1) is 23.5 Å². The van der Waals surface area contributed by atoms with Gasteiger partial charge in [-0.1, -0.05) is 48.5 Å². The lowest BCUT2D eigenvalue weighted by Gasteiger charge is -2.28. The third kappa shape index (κ3) is 9.24. The van der Waals surface area contributed by atoms with Crippen molar-refractivity contribution in [1.82, 2.24) is 21.3 Å². The van der Waals surface area contributed by atoms with Gasteiger partial charge in [0.05, 0.1) is 25.0 Å². The second kappa shape index (κ2) is 16.3. The van der Waals surface area contributed by atoms with E-state index in [0.717, 1.165) is 43.5 Å². The van der Waals surface area contributed by atoms with Crippen LogP contribution in [0.5, 0.6) is 0 Å². The van der Waals surface area contributed by atoms with E-state index in [4.69, 9.17) is 4.42 Å². The minimum Gasteiger partial charge on any atom is -0.468 e. The number of benzene rings is 3. The van der Waals surface area contributed by atoms with Gasteiger partial charge in [-0.05, 0) is 79.6 Å². The minimum atomic E-state index is -0.683. The van der Waals surface area contributed by atoms with Crippen molar-refractivity contribution in [1.29, 1.82) is 0 Å². The number of nitrogens with zero attached hydrogens (tertiary/aromatic N) is 1. The zero-order valence-electron chi connectivity index (χ0n) is 27.8. The highest BCUT2D eigenvalue weighted by atomic mass is 32.2. The molecule has 1 aromatic heterocycles. The van der Waals surface area contributed by atoms with Crippen molar-refractivity contribution >= 4 is 47.1 Å². The van der Waals surface area contributed by atoms with E-state index in [2.05, 4.69) is 27.3 Å². The Bertz CT molecular complexity index is 1710. The van der Waals surface area contributed by atoms with Crippen LogP contribution >= 0.6 is 23.5 Å². The Morgan fingerprint density at radius 2 is 1.79 bits per heavy atom. The third-order valence-corrected chi connectivity index (χ3v) is 9.95. The van der Waals surface area contributed by atoms with Crippen molar-refractivity contribution in [3.8, 4) is 11.1 Å². The smallest absolute Gasteiger partial charge is 0.315 e. The van der Waals surface area contributed by atoms with Crippen LogP contribution in [-0.4, -0.2) is 48.0 Å². The van der Waals surface area contributed by atoms with Crippen LogP contribution in [0.3, 0.4) is 0 Å². The molecule has 2 heterocycles. The minimum absolute atomic E-state index is 0.140. The fraction of sp³-hybridized carbons (Fsp3) is 0.324. The van der Waals surface area contributed by atoms with E-state index in [1.54, 1.807) is 34.7 Å². The third-order valence-electron chi connectivity index (χ3n) is 8.09. The van der Waals surface area contributed by atoms with E-state index in [0.29, 0.717) is 31.9 Å². The standard InChI is InChI=1S/C37H43N5O4S2/c1-5-38-36(45)39-21-27-9-6-7-11-30(27)26-14-12-25(13-15-26)23-42-32-17-16-29(47-4)19-33(32)48-24-31(35(42)44)41-34(43)20-37(2,3)40-22-28-10-8-18-46-28/h6-19,31,40H,5,20-24H2,1-4H3,(H,41,43)(H2,38,39,45)/t31-/m1/s1. The van der Waals surface area contributed by atoms with E-state index in [1.807, 2.05) is 99.8 Å². The first-order valence-corrected chi connectivity index (χ1v) is 18.2. The second-order valence-electron chi connectivity index (χ2n) is 12.2. The maximum atomic E-state index is 14.2. The number of carbonyl (C=O) groups excluding carboxylic acids is 3. The summed E-state index contributed by atoms with van der Waals surface area (Å²) < 4.78 is 5.42. The normalized spacial score (nSPS) is 14.6. The Hall–Kier alpha value is -4.19. The molecular formula is C37H43N5O4S2. The number of rotatable bonds is 13. The number of fused-ring (bicyclic) bond motifs is 1. The number of thioether (sulfide) groups is 2. The van der Waals surface area contributed by atoms with Gasteiger partial charge in [-0.25, -0.2) is 4.79 Å². The molecular weight excluding hydrogens is 643 g/mol. The van der Waals surface area contributed by atoms with Crippen LogP contribution in [0, 0.1) is 0 Å². The highest BCUT2D eigenvalue weighted by Crippen LogP contribution is 2.38. The van der Waals surface area contributed by atoms with Crippen molar-refractivity contribution in [2.45, 2.75) is 68.2 Å². The molecule has 0 radical (unpaired) electrons. The topological polar surface area (TPSA) is 116 Å². The Morgan fingerprint density at radius 3 is 2.52 bits per heavy atom. The van der Waals surface area contributed by atoms with Crippen molar-refractivity contribution in [3.05, 3.63) is 102 Å². The molecule has 0 saturated heterocycles. The molecule has 3 aromatic carbocycles. The Labute approximate surface area is 291 Å². The summed E-state index contributed by atoms with van der Waals surface area (Å²) in [5.74, 6) is 0.902. The fourth-order valence-electron chi connectivity index (χ4n) is 5.55. The summed E-state index contributed by atoms with van der Waals surface area (Å²) in [6.45, 7) is 7.64. The van der Waals surface area contributed by atoms with Crippen LogP contribution in [-0.2, 0) is 29.2 Å². The average molecular weight is 686 g/mol. The van der Waals surface area contributed by atoms with Gasteiger partial charge in [-0.3, -0.25) is 9.59 Å². The molecule has 0 saturated carbocycles. The molecule has 0 bridgehead atoms. The Morgan fingerprint density at radius 1 is 1.00 bits per heavy atom. The van der Waals surface area contributed by atoms with Crippen molar-refractivity contribution in [2.24, 2.45) is 0 Å². The van der Waals surface area contributed by atoms with E-state index in [1.165, 1.54) is 0 Å². The van der Waals surface area contributed by atoms with Gasteiger partial charge < -0.3 is 30.6 Å². The molecule has 1 aliphatic rings. The summed E-state index contributed by atoms with van der Waals surface area (Å²) in [6, 6.07) is 25.1. The molecule has 1 atom stereocenters. The van der Waals surface area contributed by atoms with Crippen LogP contribution in [0.25, 0.3) is 11.1 Å². The molecule has 9 nitrogen and oxygen atoms in total. The van der Waals surface area contributed by atoms with Gasteiger partial charge in [0.15, 0.2) is 0 Å². The van der Waals surface area contributed by atoms with Gasteiger partial charge in [-0.2, -0.15) is 0 Å². The SMILES string of the molecule is CCNC(=O)NCc1ccccc1-c1ccc(CN2C(=O)[C@H](NC(=O)CC(C)(C)NCc3ccco3)CSc3cc(SC)ccc32)cc1. The maximum Gasteiger partial charge on any atom is 0.315 e. The number of hydrogen-bond donors (Lipinski definition) is 4. The Kier molecular flexibility index (Phi) is 11.9. The summed E-state index contributed by atoms with van der Waals surface area (Å²) in [7, 11) is 0. The molecule has 1 aliphatic heterocycles. The summed E-state index contributed by atoms with van der Waals surface area (Å²) in [5.41, 5.74) is 4.35. The lowest BCUT2D eigenvalue weighted by Crippen LogP contribution is -2.51. The van der Waals surface area contributed by atoms with Crippen LogP contribution in [0.1, 0.15) is 44.1 Å². The molecule has 4 amide bonds. The van der Waals surface area contributed by atoms with Gasteiger partial charge in [0.1, 0.15) is 11.8 Å². The highest BCUT2D eigenvalue weighted by molar-refractivity contribution is 8.00. The number of furan rings is 1. The first-order chi connectivity index (χ1) is 23.2. The largest absolute Gasteiger partial charge is 0.468 e. The summed E-state index contributed by atoms with van der Waals surface area (Å²) in [5, 5.41) is 12.1. The van der Waals surface area contributed by atoms with Crippen LogP contribution in [0.4, 0.5) is 10.5 Å². The highest BCUT2D eigenvalue weighted by Gasteiger charge is 2.33. The molecule has 0 aliphatic carbocycles. The lowest BCUT2D eigenvalue weighted by molar-refractivity contribution is -0.127. The number of amides is 4. The van der Waals surface area contributed by atoms with E-state index < -0.39 is 11.6 Å². The monoisotopic (exact) mass is 685 g/mol. The molecule has 11 heteroatoms. The predicted molar refractivity (Wildman–Crippen MR) is 194 cm³/mol. The molecule has 252 valence electrons. The predicted octanol–water partition coefficient (Wildman–Crippen LogP) is 6.57. The van der Waals surface area contributed by atoms with E-state index in [9.17, 15) is 14.4 Å². The quantitative estimate of drug-likeness (QED) is 0.118. The van der Waals surface area contributed by atoms with E-state index in [-0.39, 0.29) is 24.3 Å². The molecule has 5 rings (SSSR count). The first kappa shape index (κ1) is 35.1. The summed E-state index contributed by atoms with van der Waals surface area (Å²) >= 11 is 3.25. The fourth-order valence-corrected chi connectivity index (χ4v) is 7.18. The van der Waals surface area contributed by atoms with Gasteiger partial charge in [0, 0.05) is 40.6 Å². The molecule has 4 aromatic rings. The van der Waals surface area contributed by atoms with Crippen LogP contribution in [0.15, 0.2) is 99.3 Å². The zero-order valence-corrected chi connectivity index (χ0v) is 29.4. The molecule has 4 N–H and O–H groups in total. The average Bonchev–Trinajstić information content (AvgIpc) is 3.57. The summed E-state index contributed by atoms with van der Waals surface area (Å²) in [4.78, 5) is 43.4. The number of hydrogen-bond acceptors (Lipinski definition) is 7. The summed E-state index contributed by atoms with van der Waals surface area (Å²) in [6.07, 6.45) is 3.86. The number of anilines is 1. The number of urea groups is 1. The molecule has 48 heavy (non-hydrogen) atoms. The van der Waals surface area contributed by atoms with Crippen molar-refractivity contribution in [3.63, 3.8) is 0 Å². The second-order valence-corrected chi connectivity index (χ2v) is 14.2. The molecule has 0 unspecified atom stereocenters. The van der Waals surface area contributed by atoms with Gasteiger partial charge in [0.2, 0.25) is 5.91 Å². The van der Waals surface area contributed by atoms with Crippen molar-refractivity contribution in [2.75, 3.05) is 23.5 Å². The van der Waals surface area contributed by atoms with Crippen molar-refractivity contribution < 1.29 is 18.8 Å². The maximum absolute atomic E-state index is 14.2. The molecule has 0 spiro atoms. The Balaban J connectivity index is 1.32. The number of nitrogens with one attached hydrogen (secondary N) is 4. The van der Waals surface area contributed by atoms with Gasteiger partial charge >= 0.3 is 6.03 Å². The zero-order chi connectivity index (χ0) is 34.1. The first-order valence-electron chi connectivity index (χ1n) is 16.0. The van der Waals surface area contributed by atoms with Crippen LogP contribution in [0.2, 0.25) is 0 Å². The lowest BCUT2D eigenvalue weighted by atomic mass is 9.98. The molecule has 0 fully saturated rings.